The number of nitrogens with one attached hydrogen (secondary N) is 1. The zero-order valence-electron chi connectivity index (χ0n) is 10.8. The van der Waals surface area contributed by atoms with Crippen LogP contribution >= 0.6 is 0 Å². The fraction of sp³-hybridized carbons (Fsp3) is 1.00. The van der Waals surface area contributed by atoms with Gasteiger partial charge in [-0.15, -0.1) is 0 Å². The second-order valence-electron chi connectivity index (χ2n) is 5.66. The van der Waals surface area contributed by atoms with E-state index in [9.17, 15) is 0 Å². The first-order valence-corrected chi connectivity index (χ1v) is 6.37. The minimum Gasteiger partial charge on any atom is -0.381 e. The minimum absolute atomic E-state index is 0.305. The van der Waals surface area contributed by atoms with Gasteiger partial charge in [0.05, 0.1) is 6.61 Å². The van der Waals surface area contributed by atoms with Crippen molar-refractivity contribution in [1.82, 2.24) is 5.32 Å². The van der Waals surface area contributed by atoms with E-state index < -0.39 is 0 Å². The summed E-state index contributed by atoms with van der Waals surface area (Å²) in [5.41, 5.74) is 0.305. The Morgan fingerprint density at radius 1 is 1.40 bits per heavy atom. The van der Waals surface area contributed by atoms with E-state index in [0.29, 0.717) is 11.5 Å². The molecule has 0 spiro atoms. The molecule has 1 saturated carbocycles. The molecule has 1 fully saturated rings. The lowest BCUT2D eigenvalue weighted by atomic mass is 9.88. The molecule has 0 aliphatic heterocycles. The molecule has 0 amide bonds. The SMILES string of the molecule is CCC(C)(CNC(C)C)COCC1CC1. The quantitative estimate of drug-likeness (QED) is 0.669. The van der Waals surface area contributed by atoms with Gasteiger partial charge >= 0.3 is 0 Å². The van der Waals surface area contributed by atoms with Gasteiger partial charge in [-0.05, 0) is 25.2 Å². The molecule has 1 rings (SSSR count). The van der Waals surface area contributed by atoms with Crippen molar-refractivity contribution >= 4 is 0 Å². The Labute approximate surface area is 94.8 Å². The summed E-state index contributed by atoms with van der Waals surface area (Å²) in [7, 11) is 0. The molecule has 1 N–H and O–H groups in total. The van der Waals surface area contributed by atoms with E-state index in [4.69, 9.17) is 4.74 Å². The van der Waals surface area contributed by atoms with Crippen LogP contribution in [-0.4, -0.2) is 25.8 Å². The Morgan fingerprint density at radius 3 is 2.53 bits per heavy atom. The van der Waals surface area contributed by atoms with Crippen molar-refractivity contribution in [2.45, 2.75) is 53.0 Å². The molecule has 0 radical (unpaired) electrons. The Bertz CT molecular complexity index is 177. The topological polar surface area (TPSA) is 21.3 Å². The van der Waals surface area contributed by atoms with Crippen LogP contribution < -0.4 is 5.32 Å². The van der Waals surface area contributed by atoms with Crippen LogP contribution in [0.3, 0.4) is 0 Å². The Balaban J connectivity index is 2.16. The van der Waals surface area contributed by atoms with Crippen molar-refractivity contribution in [2.24, 2.45) is 11.3 Å². The molecule has 0 saturated heterocycles. The summed E-state index contributed by atoms with van der Waals surface area (Å²) in [5, 5.41) is 3.51. The van der Waals surface area contributed by atoms with Crippen molar-refractivity contribution in [3.8, 4) is 0 Å². The van der Waals surface area contributed by atoms with Gasteiger partial charge in [-0.25, -0.2) is 0 Å². The molecule has 1 unspecified atom stereocenters. The summed E-state index contributed by atoms with van der Waals surface area (Å²) in [6.45, 7) is 11.9. The largest absolute Gasteiger partial charge is 0.381 e. The van der Waals surface area contributed by atoms with E-state index in [-0.39, 0.29) is 0 Å². The maximum Gasteiger partial charge on any atom is 0.0531 e. The highest BCUT2D eigenvalue weighted by atomic mass is 16.5. The molecule has 2 heteroatoms. The van der Waals surface area contributed by atoms with Gasteiger partial charge in [0, 0.05) is 24.6 Å². The van der Waals surface area contributed by atoms with E-state index in [1.54, 1.807) is 0 Å². The molecule has 1 aliphatic rings. The predicted molar refractivity (Wildman–Crippen MR) is 65.1 cm³/mol. The van der Waals surface area contributed by atoms with Crippen LogP contribution in [0.1, 0.15) is 47.0 Å². The van der Waals surface area contributed by atoms with Crippen LogP contribution in [0.4, 0.5) is 0 Å². The predicted octanol–water partition coefficient (Wildman–Crippen LogP) is 2.83. The molecule has 0 heterocycles. The summed E-state index contributed by atoms with van der Waals surface area (Å²) in [5.74, 6) is 0.879. The van der Waals surface area contributed by atoms with Crippen LogP contribution in [0.2, 0.25) is 0 Å². The van der Waals surface area contributed by atoms with Gasteiger partial charge in [-0.2, -0.15) is 0 Å². The Kier molecular flexibility index (Phi) is 5.07. The maximum atomic E-state index is 5.81. The van der Waals surface area contributed by atoms with E-state index >= 15 is 0 Å². The van der Waals surface area contributed by atoms with Gasteiger partial charge in [0.25, 0.3) is 0 Å². The van der Waals surface area contributed by atoms with Gasteiger partial charge in [0.1, 0.15) is 0 Å². The van der Waals surface area contributed by atoms with E-state index in [2.05, 4.69) is 33.0 Å². The van der Waals surface area contributed by atoms with Crippen LogP contribution in [0.25, 0.3) is 0 Å². The minimum atomic E-state index is 0.305. The monoisotopic (exact) mass is 213 g/mol. The lowest BCUT2D eigenvalue weighted by molar-refractivity contribution is 0.0436. The zero-order chi connectivity index (χ0) is 11.3. The lowest BCUT2D eigenvalue weighted by Gasteiger charge is -2.29. The van der Waals surface area contributed by atoms with E-state index in [1.165, 1.54) is 19.3 Å². The van der Waals surface area contributed by atoms with E-state index in [1.807, 2.05) is 0 Å². The summed E-state index contributed by atoms with van der Waals surface area (Å²) >= 11 is 0. The molecule has 2 nitrogen and oxygen atoms in total. The fourth-order valence-corrected chi connectivity index (χ4v) is 1.49. The molecular formula is C13H27NO. The highest BCUT2D eigenvalue weighted by molar-refractivity contribution is 4.77. The van der Waals surface area contributed by atoms with Gasteiger partial charge in [-0.3, -0.25) is 0 Å². The average molecular weight is 213 g/mol. The molecular weight excluding hydrogens is 186 g/mol. The summed E-state index contributed by atoms with van der Waals surface area (Å²) < 4.78 is 5.81. The number of ether oxygens (including phenoxy) is 1. The summed E-state index contributed by atoms with van der Waals surface area (Å²) in [6.07, 6.45) is 3.94. The molecule has 15 heavy (non-hydrogen) atoms. The van der Waals surface area contributed by atoms with Crippen LogP contribution in [0, 0.1) is 11.3 Å². The molecule has 0 aromatic rings. The third-order valence-electron chi connectivity index (χ3n) is 3.29. The molecule has 0 aromatic carbocycles. The first kappa shape index (κ1) is 13.0. The average Bonchev–Trinajstić information content (AvgIpc) is 2.99. The maximum absolute atomic E-state index is 5.81. The number of hydrogen-bond acceptors (Lipinski definition) is 2. The van der Waals surface area contributed by atoms with Gasteiger partial charge in [0.2, 0.25) is 0 Å². The molecule has 1 atom stereocenters. The van der Waals surface area contributed by atoms with Gasteiger partial charge < -0.3 is 10.1 Å². The molecule has 0 aromatic heterocycles. The third kappa shape index (κ3) is 5.53. The third-order valence-corrected chi connectivity index (χ3v) is 3.29. The second-order valence-corrected chi connectivity index (χ2v) is 5.66. The smallest absolute Gasteiger partial charge is 0.0531 e. The zero-order valence-corrected chi connectivity index (χ0v) is 10.8. The molecule has 90 valence electrons. The first-order chi connectivity index (χ1) is 7.06. The number of rotatable bonds is 8. The number of hydrogen-bond donors (Lipinski definition) is 1. The fourth-order valence-electron chi connectivity index (χ4n) is 1.49. The first-order valence-electron chi connectivity index (χ1n) is 6.37. The van der Waals surface area contributed by atoms with Crippen molar-refractivity contribution in [3.63, 3.8) is 0 Å². The van der Waals surface area contributed by atoms with Gasteiger partial charge in [0.15, 0.2) is 0 Å². The van der Waals surface area contributed by atoms with Crippen LogP contribution in [0.15, 0.2) is 0 Å². The second kappa shape index (κ2) is 5.86. The molecule has 1 aliphatic carbocycles. The van der Waals surface area contributed by atoms with Crippen molar-refractivity contribution in [2.75, 3.05) is 19.8 Å². The summed E-state index contributed by atoms with van der Waals surface area (Å²) in [4.78, 5) is 0. The highest BCUT2D eigenvalue weighted by Gasteiger charge is 2.25. The highest BCUT2D eigenvalue weighted by Crippen LogP contribution is 2.30. The van der Waals surface area contributed by atoms with Crippen molar-refractivity contribution in [1.29, 1.82) is 0 Å². The van der Waals surface area contributed by atoms with Crippen molar-refractivity contribution in [3.05, 3.63) is 0 Å². The Morgan fingerprint density at radius 2 is 2.07 bits per heavy atom. The standard InChI is InChI=1S/C13H27NO/c1-5-13(4,9-14-11(2)3)10-15-8-12-6-7-12/h11-12,14H,5-10H2,1-4H3. The van der Waals surface area contributed by atoms with Gasteiger partial charge in [-0.1, -0.05) is 27.7 Å². The normalized spacial score (nSPS) is 20.6. The van der Waals surface area contributed by atoms with Crippen LogP contribution in [0.5, 0.6) is 0 Å². The molecule has 0 bridgehead atoms. The lowest BCUT2D eigenvalue weighted by Crippen LogP contribution is -2.38. The van der Waals surface area contributed by atoms with Crippen LogP contribution in [-0.2, 0) is 4.74 Å². The summed E-state index contributed by atoms with van der Waals surface area (Å²) in [6, 6.07) is 0.569. The van der Waals surface area contributed by atoms with Crippen molar-refractivity contribution < 1.29 is 4.74 Å². The Hall–Kier alpha value is -0.0800. The van der Waals surface area contributed by atoms with E-state index in [0.717, 1.165) is 25.7 Å².